The van der Waals surface area contributed by atoms with Gasteiger partial charge in [0.15, 0.2) is 5.78 Å². The van der Waals surface area contributed by atoms with Crippen LogP contribution in [0.5, 0.6) is 5.75 Å². The van der Waals surface area contributed by atoms with Crippen molar-refractivity contribution in [3.8, 4) is 5.75 Å². The lowest BCUT2D eigenvalue weighted by Crippen LogP contribution is -2.41. The maximum atomic E-state index is 12.2. The number of carbonyl (C=O) groups excluding carboxylic acids is 1. The number of Topliss-reactive ketones (excluding diaryl/α,β-unsaturated/α-hetero) is 1. The minimum Gasteiger partial charge on any atom is -0.508 e. The van der Waals surface area contributed by atoms with Crippen LogP contribution < -0.4 is 0 Å². The minimum absolute atomic E-state index is 0.144. The van der Waals surface area contributed by atoms with Gasteiger partial charge in [-0.15, -0.1) is 0 Å². The third-order valence-corrected chi connectivity index (χ3v) is 4.97. The van der Waals surface area contributed by atoms with Crippen LogP contribution in [0.15, 0.2) is 24.3 Å². The van der Waals surface area contributed by atoms with E-state index in [1.807, 2.05) is 0 Å². The second kappa shape index (κ2) is 6.40. The van der Waals surface area contributed by atoms with Crippen molar-refractivity contribution in [2.45, 2.75) is 39.5 Å². The number of carbonyl (C=O) groups is 1. The largest absolute Gasteiger partial charge is 0.508 e. The van der Waals surface area contributed by atoms with Crippen LogP contribution in [0, 0.1) is 5.41 Å². The van der Waals surface area contributed by atoms with E-state index >= 15 is 0 Å². The zero-order valence-corrected chi connectivity index (χ0v) is 12.6. The molecular formula is C17H25NO2. The summed E-state index contributed by atoms with van der Waals surface area (Å²) >= 11 is 0. The van der Waals surface area contributed by atoms with E-state index in [4.69, 9.17) is 0 Å². The molecule has 0 aromatic heterocycles. The number of ketones is 1. The Labute approximate surface area is 121 Å². The fraction of sp³-hybridized carbons (Fsp3) is 0.588. The Morgan fingerprint density at radius 2 is 1.70 bits per heavy atom. The zero-order chi connectivity index (χ0) is 14.6. The van der Waals surface area contributed by atoms with Gasteiger partial charge in [-0.2, -0.15) is 0 Å². The van der Waals surface area contributed by atoms with E-state index in [0.717, 1.165) is 13.1 Å². The van der Waals surface area contributed by atoms with E-state index in [1.165, 1.54) is 25.7 Å². The summed E-state index contributed by atoms with van der Waals surface area (Å²) in [6, 6.07) is 6.54. The number of nitrogens with zero attached hydrogens (tertiary/aromatic N) is 1. The van der Waals surface area contributed by atoms with Gasteiger partial charge < -0.3 is 5.11 Å². The lowest BCUT2D eigenvalue weighted by atomic mass is 9.74. The fourth-order valence-corrected chi connectivity index (χ4v) is 3.08. The number of aromatic hydroxyl groups is 1. The quantitative estimate of drug-likeness (QED) is 0.836. The molecule has 0 bridgehead atoms. The molecule has 0 atom stereocenters. The Balaban J connectivity index is 1.89. The van der Waals surface area contributed by atoms with Crippen LogP contribution >= 0.6 is 0 Å². The lowest BCUT2D eigenvalue weighted by molar-refractivity contribution is 0.0756. The van der Waals surface area contributed by atoms with Gasteiger partial charge in [-0.1, -0.05) is 26.7 Å². The number of piperidine rings is 1. The van der Waals surface area contributed by atoms with Crippen LogP contribution in [0.1, 0.15) is 49.9 Å². The second-order valence-electron chi connectivity index (χ2n) is 5.95. The van der Waals surface area contributed by atoms with E-state index in [0.29, 0.717) is 17.5 Å². The Morgan fingerprint density at radius 1 is 1.15 bits per heavy atom. The first-order valence-corrected chi connectivity index (χ1v) is 7.63. The molecule has 0 spiro atoms. The van der Waals surface area contributed by atoms with Crippen molar-refractivity contribution in [1.82, 2.24) is 4.90 Å². The molecule has 1 fully saturated rings. The molecule has 0 saturated carbocycles. The third-order valence-electron chi connectivity index (χ3n) is 4.97. The SMILES string of the molecule is CCC1(CC)CCN(CC(=O)c2ccc(O)cc2)CC1. The first-order valence-electron chi connectivity index (χ1n) is 7.63. The molecule has 0 radical (unpaired) electrons. The highest BCUT2D eigenvalue weighted by molar-refractivity contribution is 5.97. The number of likely N-dealkylation sites (tertiary alicyclic amines) is 1. The van der Waals surface area contributed by atoms with Gasteiger partial charge in [0.25, 0.3) is 0 Å². The molecule has 1 saturated heterocycles. The Bertz CT molecular complexity index is 439. The normalized spacial score (nSPS) is 18.9. The molecule has 1 aliphatic heterocycles. The van der Waals surface area contributed by atoms with E-state index in [9.17, 15) is 9.90 Å². The molecule has 1 aromatic rings. The lowest BCUT2D eigenvalue weighted by Gasteiger charge is -2.40. The molecule has 1 aliphatic rings. The summed E-state index contributed by atoms with van der Waals surface area (Å²) in [6.45, 7) is 7.09. The Morgan fingerprint density at radius 3 is 2.20 bits per heavy atom. The number of rotatable bonds is 5. The fourth-order valence-electron chi connectivity index (χ4n) is 3.08. The molecule has 2 rings (SSSR count). The van der Waals surface area contributed by atoms with Gasteiger partial charge in [0, 0.05) is 5.56 Å². The number of phenolic OH excluding ortho intramolecular Hbond substituents is 1. The molecule has 0 amide bonds. The molecule has 3 heteroatoms. The molecule has 1 N–H and O–H groups in total. The van der Waals surface area contributed by atoms with Gasteiger partial charge in [-0.3, -0.25) is 9.69 Å². The first kappa shape index (κ1) is 15.0. The van der Waals surface area contributed by atoms with Crippen LogP contribution in [0.25, 0.3) is 0 Å². The summed E-state index contributed by atoms with van der Waals surface area (Å²) in [6.07, 6.45) is 4.87. The topological polar surface area (TPSA) is 40.5 Å². The average Bonchev–Trinajstić information content (AvgIpc) is 2.49. The second-order valence-corrected chi connectivity index (χ2v) is 5.95. The van der Waals surface area contributed by atoms with Crippen molar-refractivity contribution >= 4 is 5.78 Å². The molecule has 3 nitrogen and oxygen atoms in total. The summed E-state index contributed by atoms with van der Waals surface area (Å²) < 4.78 is 0. The molecule has 1 aromatic carbocycles. The Kier molecular flexibility index (Phi) is 4.81. The molecular weight excluding hydrogens is 250 g/mol. The number of hydrogen-bond acceptors (Lipinski definition) is 3. The van der Waals surface area contributed by atoms with Crippen molar-refractivity contribution in [2.75, 3.05) is 19.6 Å². The summed E-state index contributed by atoms with van der Waals surface area (Å²) in [5, 5.41) is 9.25. The van der Waals surface area contributed by atoms with Crippen molar-refractivity contribution in [1.29, 1.82) is 0 Å². The predicted molar refractivity (Wildman–Crippen MR) is 81.1 cm³/mol. The van der Waals surface area contributed by atoms with E-state index in [2.05, 4.69) is 18.7 Å². The van der Waals surface area contributed by atoms with Crippen molar-refractivity contribution in [3.05, 3.63) is 29.8 Å². The smallest absolute Gasteiger partial charge is 0.176 e. The molecule has 20 heavy (non-hydrogen) atoms. The van der Waals surface area contributed by atoms with Crippen LogP contribution in [0.4, 0.5) is 0 Å². The maximum Gasteiger partial charge on any atom is 0.176 e. The van der Waals surface area contributed by atoms with Gasteiger partial charge >= 0.3 is 0 Å². The van der Waals surface area contributed by atoms with Gasteiger partial charge in [0.1, 0.15) is 5.75 Å². The van der Waals surface area contributed by atoms with E-state index in [-0.39, 0.29) is 11.5 Å². The molecule has 1 heterocycles. The summed E-state index contributed by atoms with van der Waals surface area (Å²) in [5.74, 6) is 0.348. The zero-order valence-electron chi connectivity index (χ0n) is 12.6. The number of phenols is 1. The standard InChI is InChI=1S/C17H25NO2/c1-3-17(4-2)9-11-18(12-10-17)13-16(20)14-5-7-15(19)8-6-14/h5-8,19H,3-4,9-13H2,1-2H3. The third kappa shape index (κ3) is 3.40. The monoisotopic (exact) mass is 275 g/mol. The highest BCUT2D eigenvalue weighted by Crippen LogP contribution is 2.37. The maximum absolute atomic E-state index is 12.2. The number of benzene rings is 1. The molecule has 110 valence electrons. The molecule has 0 unspecified atom stereocenters. The Hall–Kier alpha value is -1.35. The van der Waals surface area contributed by atoms with Gasteiger partial charge in [-0.25, -0.2) is 0 Å². The summed E-state index contributed by atoms with van der Waals surface area (Å²) in [4.78, 5) is 14.5. The van der Waals surface area contributed by atoms with Gasteiger partial charge in [0.05, 0.1) is 6.54 Å². The summed E-state index contributed by atoms with van der Waals surface area (Å²) in [5.41, 5.74) is 1.18. The van der Waals surface area contributed by atoms with E-state index in [1.54, 1.807) is 24.3 Å². The van der Waals surface area contributed by atoms with Crippen molar-refractivity contribution < 1.29 is 9.90 Å². The minimum atomic E-state index is 0.144. The van der Waals surface area contributed by atoms with Crippen LogP contribution in [0.2, 0.25) is 0 Å². The van der Waals surface area contributed by atoms with Crippen LogP contribution in [-0.4, -0.2) is 35.4 Å². The molecule has 0 aliphatic carbocycles. The van der Waals surface area contributed by atoms with Crippen molar-refractivity contribution in [3.63, 3.8) is 0 Å². The van der Waals surface area contributed by atoms with Crippen molar-refractivity contribution in [2.24, 2.45) is 5.41 Å². The van der Waals surface area contributed by atoms with Crippen LogP contribution in [-0.2, 0) is 0 Å². The van der Waals surface area contributed by atoms with Crippen LogP contribution in [0.3, 0.4) is 0 Å². The average molecular weight is 275 g/mol. The van der Waals surface area contributed by atoms with Gasteiger partial charge in [0.2, 0.25) is 0 Å². The summed E-state index contributed by atoms with van der Waals surface area (Å²) in [7, 11) is 0. The van der Waals surface area contributed by atoms with Gasteiger partial charge in [-0.05, 0) is 55.6 Å². The number of hydrogen-bond donors (Lipinski definition) is 1. The predicted octanol–water partition coefficient (Wildman–Crippen LogP) is 3.48. The highest BCUT2D eigenvalue weighted by atomic mass is 16.3. The van der Waals surface area contributed by atoms with E-state index < -0.39 is 0 Å². The first-order chi connectivity index (χ1) is 9.58. The highest BCUT2D eigenvalue weighted by Gasteiger charge is 2.31.